The van der Waals surface area contributed by atoms with Crippen LogP contribution in [0.4, 0.5) is 10.3 Å². The molecule has 146 valence electrons. The molecule has 1 aromatic carbocycles. The van der Waals surface area contributed by atoms with Crippen LogP contribution in [0.3, 0.4) is 0 Å². The van der Waals surface area contributed by atoms with Gasteiger partial charge in [0, 0.05) is 30.7 Å². The van der Waals surface area contributed by atoms with E-state index in [1.54, 1.807) is 18.3 Å². The van der Waals surface area contributed by atoms with Gasteiger partial charge in [-0.25, -0.2) is 4.98 Å². The summed E-state index contributed by atoms with van der Waals surface area (Å²) in [6.07, 6.45) is 4.00. The van der Waals surface area contributed by atoms with Crippen LogP contribution in [0.15, 0.2) is 30.6 Å². The third-order valence-electron chi connectivity index (χ3n) is 4.96. The summed E-state index contributed by atoms with van der Waals surface area (Å²) in [6.45, 7) is 5.93. The number of anilines is 1. The number of aromatic hydroxyl groups is 1. The van der Waals surface area contributed by atoms with E-state index < -0.39 is 5.95 Å². The summed E-state index contributed by atoms with van der Waals surface area (Å²) in [5, 5.41) is 28.3. The Morgan fingerprint density at radius 3 is 2.71 bits per heavy atom. The normalized spacial score (nSPS) is 19.8. The highest BCUT2D eigenvalue weighted by atomic mass is 19.1. The number of piperazine rings is 1. The van der Waals surface area contributed by atoms with Crippen molar-refractivity contribution in [1.82, 2.24) is 30.7 Å². The van der Waals surface area contributed by atoms with E-state index in [2.05, 4.69) is 49.4 Å². The second-order valence-electron chi connectivity index (χ2n) is 7.05. The average molecular weight is 383 g/mol. The molecular weight excluding hydrogens is 361 g/mol. The largest absolute Gasteiger partial charge is 0.507 e. The monoisotopic (exact) mass is 383 g/mol. The summed E-state index contributed by atoms with van der Waals surface area (Å²) in [5.41, 5.74) is 1.75. The Morgan fingerprint density at radius 2 is 2.07 bits per heavy atom. The zero-order valence-corrected chi connectivity index (χ0v) is 15.7. The maximum absolute atomic E-state index is 13.7. The molecule has 4 rings (SSSR count). The summed E-state index contributed by atoms with van der Waals surface area (Å²) in [6, 6.07) is 5.59. The molecule has 0 spiro atoms. The molecule has 0 aliphatic carbocycles. The van der Waals surface area contributed by atoms with Crippen LogP contribution in [0.1, 0.15) is 20.3 Å². The average Bonchev–Trinajstić information content (AvgIpc) is 3.13. The SMILES string of the molecule is CC[C@H]1CN(c2ncc(-c3ccc(-c4cn[nH]c4F)cc3O)nn2)C[C@@H](C)N1. The third-order valence-corrected chi connectivity index (χ3v) is 4.96. The smallest absolute Gasteiger partial charge is 0.245 e. The third kappa shape index (κ3) is 3.53. The number of H-pyrrole nitrogens is 1. The molecule has 3 heterocycles. The first kappa shape index (κ1) is 18.3. The second-order valence-corrected chi connectivity index (χ2v) is 7.05. The highest BCUT2D eigenvalue weighted by molar-refractivity contribution is 5.73. The van der Waals surface area contributed by atoms with Gasteiger partial charge in [0.1, 0.15) is 11.4 Å². The van der Waals surface area contributed by atoms with Crippen molar-refractivity contribution in [1.29, 1.82) is 0 Å². The van der Waals surface area contributed by atoms with E-state index in [1.807, 2.05) is 0 Å². The molecule has 2 atom stereocenters. The molecule has 2 aromatic heterocycles. The van der Waals surface area contributed by atoms with Gasteiger partial charge in [-0.2, -0.15) is 9.49 Å². The lowest BCUT2D eigenvalue weighted by Gasteiger charge is -2.37. The number of phenolic OH excluding ortho intramolecular Hbond substituents is 1. The molecule has 1 saturated heterocycles. The van der Waals surface area contributed by atoms with Crippen molar-refractivity contribution in [2.24, 2.45) is 0 Å². The van der Waals surface area contributed by atoms with Gasteiger partial charge in [-0.05, 0) is 31.0 Å². The zero-order valence-electron chi connectivity index (χ0n) is 15.7. The van der Waals surface area contributed by atoms with Gasteiger partial charge in [0.15, 0.2) is 0 Å². The Labute approximate surface area is 161 Å². The summed E-state index contributed by atoms with van der Waals surface area (Å²) < 4.78 is 13.7. The molecule has 28 heavy (non-hydrogen) atoms. The second kappa shape index (κ2) is 7.51. The van der Waals surface area contributed by atoms with E-state index in [1.165, 1.54) is 12.3 Å². The Balaban J connectivity index is 1.56. The molecule has 9 heteroatoms. The zero-order chi connectivity index (χ0) is 19.7. The van der Waals surface area contributed by atoms with E-state index in [0.29, 0.717) is 40.4 Å². The van der Waals surface area contributed by atoms with Gasteiger partial charge in [-0.1, -0.05) is 13.0 Å². The van der Waals surface area contributed by atoms with Gasteiger partial charge in [0.05, 0.1) is 18.0 Å². The molecule has 1 aliphatic rings. The Hall–Kier alpha value is -3.07. The Morgan fingerprint density at radius 1 is 1.21 bits per heavy atom. The number of benzene rings is 1. The predicted molar refractivity (Wildman–Crippen MR) is 103 cm³/mol. The fourth-order valence-corrected chi connectivity index (χ4v) is 3.51. The van der Waals surface area contributed by atoms with Gasteiger partial charge in [0.2, 0.25) is 11.9 Å². The molecule has 0 bridgehead atoms. The van der Waals surface area contributed by atoms with Gasteiger partial charge >= 0.3 is 0 Å². The lowest BCUT2D eigenvalue weighted by Crippen LogP contribution is -2.55. The van der Waals surface area contributed by atoms with E-state index >= 15 is 0 Å². The number of phenols is 1. The fourth-order valence-electron chi connectivity index (χ4n) is 3.51. The first-order valence-electron chi connectivity index (χ1n) is 9.28. The fraction of sp³-hybridized carbons (Fsp3) is 0.368. The van der Waals surface area contributed by atoms with Crippen molar-refractivity contribution in [3.8, 4) is 28.1 Å². The van der Waals surface area contributed by atoms with E-state index in [4.69, 9.17) is 0 Å². The number of aromatic nitrogens is 5. The number of hydrogen-bond donors (Lipinski definition) is 3. The number of aromatic amines is 1. The molecule has 0 saturated carbocycles. The first-order valence-corrected chi connectivity index (χ1v) is 9.28. The summed E-state index contributed by atoms with van der Waals surface area (Å²) in [4.78, 5) is 6.57. The van der Waals surface area contributed by atoms with Crippen LogP contribution in [0.2, 0.25) is 0 Å². The van der Waals surface area contributed by atoms with Gasteiger partial charge < -0.3 is 15.3 Å². The number of halogens is 1. The Kier molecular flexibility index (Phi) is 4.91. The molecule has 1 aliphatic heterocycles. The van der Waals surface area contributed by atoms with Crippen LogP contribution in [-0.4, -0.2) is 55.7 Å². The van der Waals surface area contributed by atoms with Crippen LogP contribution in [0, 0.1) is 5.95 Å². The minimum atomic E-state index is -0.548. The van der Waals surface area contributed by atoms with Crippen LogP contribution >= 0.6 is 0 Å². The van der Waals surface area contributed by atoms with E-state index in [9.17, 15) is 9.50 Å². The van der Waals surface area contributed by atoms with Crippen molar-refractivity contribution in [2.75, 3.05) is 18.0 Å². The van der Waals surface area contributed by atoms with Crippen molar-refractivity contribution < 1.29 is 9.50 Å². The molecule has 3 N–H and O–H groups in total. The molecule has 0 radical (unpaired) electrons. The first-order chi connectivity index (χ1) is 13.5. The molecule has 8 nitrogen and oxygen atoms in total. The maximum atomic E-state index is 13.7. The van der Waals surface area contributed by atoms with Crippen molar-refractivity contribution >= 4 is 5.95 Å². The lowest BCUT2D eigenvalue weighted by atomic mass is 10.0. The number of nitrogens with one attached hydrogen (secondary N) is 2. The van der Waals surface area contributed by atoms with Gasteiger partial charge in [-0.15, -0.1) is 10.2 Å². The van der Waals surface area contributed by atoms with Crippen LogP contribution in [-0.2, 0) is 0 Å². The minimum absolute atomic E-state index is 0.0243. The summed E-state index contributed by atoms with van der Waals surface area (Å²) >= 11 is 0. The summed E-state index contributed by atoms with van der Waals surface area (Å²) in [5.74, 6) is 0.00418. The van der Waals surface area contributed by atoms with Crippen LogP contribution < -0.4 is 10.2 Å². The highest BCUT2D eigenvalue weighted by Gasteiger charge is 2.24. The topological polar surface area (TPSA) is 103 Å². The highest BCUT2D eigenvalue weighted by Crippen LogP contribution is 2.32. The molecule has 0 amide bonds. The van der Waals surface area contributed by atoms with Gasteiger partial charge in [0.25, 0.3) is 0 Å². The van der Waals surface area contributed by atoms with Crippen molar-refractivity contribution in [3.05, 3.63) is 36.5 Å². The van der Waals surface area contributed by atoms with Gasteiger partial charge in [-0.3, -0.25) is 5.10 Å². The maximum Gasteiger partial charge on any atom is 0.245 e. The molecule has 0 unspecified atom stereocenters. The number of rotatable bonds is 4. The molecule has 1 fully saturated rings. The van der Waals surface area contributed by atoms with Crippen LogP contribution in [0.5, 0.6) is 5.75 Å². The summed E-state index contributed by atoms with van der Waals surface area (Å²) in [7, 11) is 0. The quantitative estimate of drug-likeness (QED) is 0.635. The lowest BCUT2D eigenvalue weighted by molar-refractivity contribution is 0.376. The standard InChI is InChI=1S/C19H22FN7O/c1-3-13-10-27(9-11(2)23-13)19-21-8-16(24-26-19)14-5-4-12(6-17(14)28)15-7-22-25-18(15)20/h4-8,11,13,23,28H,3,9-10H2,1-2H3,(H,22,25)/t11-,13+/m1/s1. The van der Waals surface area contributed by atoms with Crippen molar-refractivity contribution in [2.45, 2.75) is 32.4 Å². The minimum Gasteiger partial charge on any atom is -0.507 e. The van der Waals surface area contributed by atoms with E-state index in [-0.39, 0.29) is 5.75 Å². The Bertz CT molecular complexity index is 959. The predicted octanol–water partition coefficient (Wildman–Crippen LogP) is 2.35. The van der Waals surface area contributed by atoms with E-state index in [0.717, 1.165) is 19.5 Å². The van der Waals surface area contributed by atoms with Crippen molar-refractivity contribution in [3.63, 3.8) is 0 Å². The van der Waals surface area contributed by atoms with Crippen LogP contribution in [0.25, 0.3) is 22.4 Å². The molecule has 3 aromatic rings. The number of hydrogen-bond acceptors (Lipinski definition) is 7. The number of nitrogens with zero attached hydrogens (tertiary/aromatic N) is 5. The molecular formula is C19H22FN7O.